The molecule has 0 aliphatic heterocycles. The highest BCUT2D eigenvalue weighted by Gasteiger charge is 2.54. The van der Waals surface area contributed by atoms with E-state index in [9.17, 15) is 14.9 Å². The lowest BCUT2D eigenvalue weighted by molar-refractivity contribution is -0.497. The van der Waals surface area contributed by atoms with Gasteiger partial charge in [-0.25, -0.2) is 0 Å². The van der Waals surface area contributed by atoms with Gasteiger partial charge in [-0.05, 0) is 0 Å². The topological polar surface area (TPSA) is 95.2 Å². The molecule has 1 aromatic heterocycles. The van der Waals surface area contributed by atoms with E-state index in [0.717, 1.165) is 11.5 Å². The van der Waals surface area contributed by atoms with Crippen molar-refractivity contribution in [2.24, 2.45) is 5.92 Å². The maximum absolute atomic E-state index is 11.3. The minimum absolute atomic E-state index is 0.0882. The van der Waals surface area contributed by atoms with Crippen LogP contribution in [0.2, 0.25) is 4.34 Å². The average Bonchev–Trinajstić information content (AvgIpc) is 2.94. The van der Waals surface area contributed by atoms with Crippen LogP contribution >= 0.6 is 23.1 Å². The van der Waals surface area contributed by atoms with Crippen molar-refractivity contribution in [2.45, 2.75) is 19.1 Å². The van der Waals surface area contributed by atoms with Crippen molar-refractivity contribution < 1.29 is 14.5 Å². The average molecular weight is 264 g/mol. The predicted molar refractivity (Wildman–Crippen MR) is 53.6 cm³/mol. The SMILES string of the molecule is O=C(OCc1nnsc1Cl)C1CC1[N+](=O)[O-]. The third kappa shape index (κ3) is 2.27. The van der Waals surface area contributed by atoms with E-state index in [1.807, 2.05) is 0 Å². The third-order valence-corrected chi connectivity index (χ3v) is 3.18. The number of hydrogen-bond donors (Lipinski definition) is 0. The number of ether oxygens (including phenoxy) is 1. The Kier molecular flexibility index (Phi) is 3.01. The first-order chi connectivity index (χ1) is 7.59. The van der Waals surface area contributed by atoms with E-state index in [-0.39, 0.29) is 13.0 Å². The summed E-state index contributed by atoms with van der Waals surface area (Å²) in [4.78, 5) is 21.2. The third-order valence-electron chi connectivity index (χ3n) is 2.19. The molecule has 86 valence electrons. The molecular weight excluding hydrogens is 258 g/mol. The van der Waals surface area contributed by atoms with Crippen molar-refractivity contribution in [1.29, 1.82) is 0 Å². The van der Waals surface area contributed by atoms with Gasteiger partial charge in [-0.15, -0.1) is 5.10 Å². The van der Waals surface area contributed by atoms with Gasteiger partial charge < -0.3 is 4.74 Å². The molecule has 0 amide bonds. The number of esters is 1. The van der Waals surface area contributed by atoms with Crippen molar-refractivity contribution >= 4 is 29.1 Å². The molecule has 1 fully saturated rings. The van der Waals surface area contributed by atoms with Crippen LogP contribution < -0.4 is 0 Å². The predicted octanol–water partition coefficient (Wildman–Crippen LogP) is 0.900. The van der Waals surface area contributed by atoms with Crippen LogP contribution in [0.3, 0.4) is 0 Å². The van der Waals surface area contributed by atoms with Gasteiger partial charge in [0, 0.05) is 22.9 Å². The van der Waals surface area contributed by atoms with E-state index >= 15 is 0 Å². The molecule has 1 saturated carbocycles. The van der Waals surface area contributed by atoms with Gasteiger partial charge in [-0.3, -0.25) is 14.9 Å². The Morgan fingerprint density at radius 1 is 1.75 bits per heavy atom. The summed E-state index contributed by atoms with van der Waals surface area (Å²) in [5.74, 6) is -1.20. The van der Waals surface area contributed by atoms with E-state index in [1.54, 1.807) is 0 Å². The normalized spacial score (nSPS) is 22.8. The zero-order valence-electron chi connectivity index (χ0n) is 7.83. The number of carbonyl (C=O) groups is 1. The fourth-order valence-electron chi connectivity index (χ4n) is 1.20. The Balaban J connectivity index is 1.82. The first-order valence-electron chi connectivity index (χ1n) is 4.36. The largest absolute Gasteiger partial charge is 0.459 e. The molecule has 0 aromatic carbocycles. The molecule has 1 aromatic rings. The van der Waals surface area contributed by atoms with Crippen molar-refractivity contribution in [3.63, 3.8) is 0 Å². The Morgan fingerprint density at radius 2 is 2.50 bits per heavy atom. The lowest BCUT2D eigenvalue weighted by Gasteiger charge is -2.00. The van der Waals surface area contributed by atoms with E-state index < -0.39 is 22.9 Å². The maximum Gasteiger partial charge on any atom is 0.316 e. The van der Waals surface area contributed by atoms with Crippen LogP contribution in [-0.4, -0.2) is 26.5 Å². The lowest BCUT2D eigenvalue weighted by Crippen LogP contribution is -2.13. The standard InChI is InChI=1S/C7H6ClN3O4S/c8-6-4(9-10-16-6)2-15-7(12)3-1-5(3)11(13)14/h3,5H,1-2H2. The van der Waals surface area contributed by atoms with Gasteiger partial charge in [0.1, 0.15) is 22.6 Å². The fraction of sp³-hybridized carbons (Fsp3) is 0.571. The zero-order chi connectivity index (χ0) is 11.7. The van der Waals surface area contributed by atoms with Crippen LogP contribution in [0.5, 0.6) is 0 Å². The van der Waals surface area contributed by atoms with Gasteiger partial charge in [-0.2, -0.15) is 0 Å². The summed E-state index contributed by atoms with van der Waals surface area (Å²) in [6.45, 7) is -0.0882. The summed E-state index contributed by atoms with van der Waals surface area (Å²) in [7, 11) is 0. The molecule has 1 heterocycles. The van der Waals surface area contributed by atoms with E-state index in [1.165, 1.54) is 0 Å². The summed E-state index contributed by atoms with van der Waals surface area (Å²) in [6.07, 6.45) is 0.245. The first-order valence-corrected chi connectivity index (χ1v) is 5.51. The van der Waals surface area contributed by atoms with Crippen LogP contribution in [0.4, 0.5) is 0 Å². The molecule has 2 unspecified atom stereocenters. The Labute approximate surface area is 98.7 Å². The molecule has 2 rings (SSSR count). The van der Waals surface area contributed by atoms with E-state index in [2.05, 4.69) is 9.59 Å². The Hall–Kier alpha value is -1.28. The van der Waals surface area contributed by atoms with Gasteiger partial charge in [0.25, 0.3) is 0 Å². The summed E-state index contributed by atoms with van der Waals surface area (Å²) in [5, 5.41) is 14.0. The molecule has 1 aliphatic carbocycles. The lowest BCUT2D eigenvalue weighted by atomic mass is 10.4. The first kappa shape index (κ1) is 11.2. The maximum atomic E-state index is 11.3. The molecule has 0 saturated heterocycles. The molecule has 0 N–H and O–H groups in total. The van der Waals surface area contributed by atoms with Gasteiger partial charge >= 0.3 is 5.97 Å². The molecule has 9 heteroatoms. The Morgan fingerprint density at radius 3 is 3.00 bits per heavy atom. The molecule has 0 spiro atoms. The highest BCUT2D eigenvalue weighted by molar-refractivity contribution is 7.10. The molecular formula is C7H6ClN3O4S. The summed E-state index contributed by atoms with van der Waals surface area (Å²) >= 11 is 6.68. The molecule has 7 nitrogen and oxygen atoms in total. The van der Waals surface area contributed by atoms with Crippen LogP contribution in [0, 0.1) is 16.0 Å². The molecule has 0 bridgehead atoms. The number of carbonyl (C=O) groups excluding carboxylic acids is 1. The fourth-order valence-corrected chi connectivity index (χ4v) is 1.80. The number of aromatic nitrogens is 2. The van der Waals surface area contributed by atoms with Crippen LogP contribution in [0.15, 0.2) is 0 Å². The van der Waals surface area contributed by atoms with Gasteiger partial charge in [-0.1, -0.05) is 16.1 Å². The highest BCUT2D eigenvalue weighted by Crippen LogP contribution is 2.34. The second-order valence-electron chi connectivity index (χ2n) is 3.30. The van der Waals surface area contributed by atoms with E-state index in [4.69, 9.17) is 16.3 Å². The monoisotopic (exact) mass is 263 g/mol. The van der Waals surface area contributed by atoms with Gasteiger partial charge in [0.05, 0.1) is 0 Å². The molecule has 2 atom stereocenters. The zero-order valence-corrected chi connectivity index (χ0v) is 9.40. The summed E-state index contributed by atoms with van der Waals surface area (Å²) in [5.41, 5.74) is 0.373. The minimum Gasteiger partial charge on any atom is -0.459 e. The number of rotatable bonds is 4. The number of halogens is 1. The number of nitro groups is 1. The van der Waals surface area contributed by atoms with Gasteiger partial charge in [0.15, 0.2) is 0 Å². The molecule has 0 radical (unpaired) electrons. The summed E-state index contributed by atoms with van der Waals surface area (Å²) in [6, 6.07) is -0.795. The number of hydrogen-bond acceptors (Lipinski definition) is 7. The van der Waals surface area contributed by atoms with Crippen molar-refractivity contribution in [3.05, 3.63) is 20.1 Å². The van der Waals surface area contributed by atoms with Crippen LogP contribution in [-0.2, 0) is 16.1 Å². The minimum atomic E-state index is -0.795. The Bertz CT molecular complexity index is 437. The smallest absolute Gasteiger partial charge is 0.316 e. The van der Waals surface area contributed by atoms with Crippen LogP contribution in [0.25, 0.3) is 0 Å². The van der Waals surface area contributed by atoms with Gasteiger partial charge in [0.2, 0.25) is 6.04 Å². The van der Waals surface area contributed by atoms with Crippen molar-refractivity contribution in [1.82, 2.24) is 9.59 Å². The second-order valence-corrected chi connectivity index (χ2v) is 4.65. The summed E-state index contributed by atoms with van der Waals surface area (Å²) < 4.78 is 8.77. The second kappa shape index (κ2) is 4.30. The molecule has 1 aliphatic rings. The van der Waals surface area contributed by atoms with E-state index in [0.29, 0.717) is 10.0 Å². The van der Waals surface area contributed by atoms with Crippen LogP contribution in [0.1, 0.15) is 12.1 Å². The highest BCUT2D eigenvalue weighted by atomic mass is 35.5. The van der Waals surface area contributed by atoms with Crippen molar-refractivity contribution in [3.8, 4) is 0 Å². The molecule has 16 heavy (non-hydrogen) atoms. The number of nitrogens with zero attached hydrogens (tertiary/aromatic N) is 3. The quantitative estimate of drug-likeness (QED) is 0.455. The van der Waals surface area contributed by atoms with Crippen molar-refractivity contribution in [2.75, 3.05) is 0 Å².